The average molecular weight is 337 g/mol. The van der Waals surface area contributed by atoms with Crippen molar-refractivity contribution in [3.63, 3.8) is 0 Å². The van der Waals surface area contributed by atoms with Crippen LogP contribution in [0.25, 0.3) is 0 Å². The van der Waals surface area contributed by atoms with Gasteiger partial charge in [-0.2, -0.15) is 0 Å². The van der Waals surface area contributed by atoms with Crippen LogP contribution in [0.1, 0.15) is 15.9 Å². The molecule has 0 aliphatic heterocycles. The van der Waals surface area contributed by atoms with E-state index in [4.69, 9.17) is 23.2 Å². The van der Waals surface area contributed by atoms with E-state index in [1.54, 1.807) is 30.3 Å². The summed E-state index contributed by atoms with van der Waals surface area (Å²) in [7, 11) is 0. The highest BCUT2D eigenvalue weighted by Crippen LogP contribution is 2.14. The number of nitrogens with one attached hydrogen (secondary N) is 2. The van der Waals surface area contributed by atoms with Gasteiger partial charge in [0, 0.05) is 22.2 Å². The molecule has 0 fully saturated rings. The van der Waals surface area contributed by atoms with Crippen LogP contribution < -0.4 is 10.6 Å². The van der Waals surface area contributed by atoms with Gasteiger partial charge in [0.05, 0.1) is 6.54 Å². The van der Waals surface area contributed by atoms with Crippen LogP contribution in [-0.2, 0) is 11.3 Å². The molecule has 6 heteroatoms. The number of hydrogen-bond acceptors (Lipinski definition) is 2. The topological polar surface area (TPSA) is 58.2 Å². The molecule has 0 spiro atoms. The largest absolute Gasteiger partial charge is 0.350 e. The highest BCUT2D eigenvalue weighted by molar-refractivity contribution is 6.31. The van der Waals surface area contributed by atoms with Crippen LogP contribution in [0.15, 0.2) is 48.5 Å². The summed E-state index contributed by atoms with van der Waals surface area (Å²) < 4.78 is 0. The van der Waals surface area contributed by atoms with E-state index < -0.39 is 0 Å². The van der Waals surface area contributed by atoms with E-state index in [1.807, 2.05) is 18.2 Å². The van der Waals surface area contributed by atoms with Crippen molar-refractivity contribution in [3.05, 3.63) is 69.7 Å². The molecule has 0 unspecified atom stereocenters. The van der Waals surface area contributed by atoms with Crippen LogP contribution in [-0.4, -0.2) is 18.4 Å². The van der Waals surface area contributed by atoms with Gasteiger partial charge >= 0.3 is 0 Å². The predicted molar refractivity (Wildman–Crippen MR) is 87.1 cm³/mol. The first-order chi connectivity index (χ1) is 10.6. The van der Waals surface area contributed by atoms with Gasteiger partial charge in [-0.1, -0.05) is 41.4 Å². The van der Waals surface area contributed by atoms with Crippen molar-refractivity contribution in [1.29, 1.82) is 0 Å². The SMILES string of the molecule is O=C(CNC(=O)c1ccc(Cl)cc1)NCc1ccccc1Cl. The van der Waals surface area contributed by atoms with E-state index in [1.165, 1.54) is 0 Å². The monoisotopic (exact) mass is 336 g/mol. The molecule has 0 atom stereocenters. The molecule has 2 aromatic rings. The molecule has 0 aliphatic carbocycles. The third-order valence-corrected chi connectivity index (χ3v) is 3.57. The molecule has 22 heavy (non-hydrogen) atoms. The van der Waals surface area contributed by atoms with Gasteiger partial charge in [0.15, 0.2) is 0 Å². The van der Waals surface area contributed by atoms with Gasteiger partial charge in [-0.25, -0.2) is 0 Å². The molecule has 0 saturated carbocycles. The lowest BCUT2D eigenvalue weighted by atomic mass is 10.2. The Morgan fingerprint density at radius 3 is 2.27 bits per heavy atom. The number of rotatable bonds is 5. The van der Waals surface area contributed by atoms with Crippen molar-refractivity contribution < 1.29 is 9.59 Å². The lowest BCUT2D eigenvalue weighted by Crippen LogP contribution is -2.36. The Hall–Kier alpha value is -2.04. The summed E-state index contributed by atoms with van der Waals surface area (Å²) in [5.74, 6) is -0.619. The molecule has 0 saturated heterocycles. The van der Waals surface area contributed by atoms with Crippen molar-refractivity contribution in [2.75, 3.05) is 6.54 Å². The van der Waals surface area contributed by atoms with Gasteiger partial charge < -0.3 is 10.6 Å². The van der Waals surface area contributed by atoms with E-state index in [2.05, 4.69) is 10.6 Å². The van der Waals surface area contributed by atoms with Gasteiger partial charge in [-0.05, 0) is 35.9 Å². The summed E-state index contributed by atoms with van der Waals surface area (Å²) in [6.45, 7) is 0.210. The fraction of sp³-hybridized carbons (Fsp3) is 0.125. The molecule has 0 aliphatic rings. The zero-order valence-electron chi connectivity index (χ0n) is 11.6. The Labute approximate surface area is 138 Å². The molecule has 0 aromatic heterocycles. The predicted octanol–water partition coefficient (Wildman–Crippen LogP) is 3.04. The van der Waals surface area contributed by atoms with E-state index in [0.29, 0.717) is 22.2 Å². The second-order valence-electron chi connectivity index (χ2n) is 4.56. The summed E-state index contributed by atoms with van der Waals surface area (Å²) in [6.07, 6.45) is 0. The van der Waals surface area contributed by atoms with E-state index in [9.17, 15) is 9.59 Å². The van der Waals surface area contributed by atoms with Gasteiger partial charge in [0.2, 0.25) is 5.91 Å². The standard InChI is InChI=1S/C16H14Cl2N2O2/c17-13-7-5-11(6-8-13)16(22)20-10-15(21)19-9-12-3-1-2-4-14(12)18/h1-8H,9-10H2,(H,19,21)(H,20,22). The minimum Gasteiger partial charge on any atom is -0.350 e. The Morgan fingerprint density at radius 1 is 0.909 bits per heavy atom. The molecular formula is C16H14Cl2N2O2. The summed E-state index contributed by atoms with van der Waals surface area (Å²) in [5, 5.41) is 6.38. The van der Waals surface area contributed by atoms with Crippen LogP contribution in [0, 0.1) is 0 Å². The summed E-state index contributed by atoms with van der Waals surface area (Å²) >= 11 is 11.7. The third-order valence-electron chi connectivity index (χ3n) is 2.95. The van der Waals surface area contributed by atoms with Gasteiger partial charge in [0.1, 0.15) is 0 Å². The maximum Gasteiger partial charge on any atom is 0.251 e. The molecule has 0 radical (unpaired) electrons. The Balaban J connectivity index is 1.79. The van der Waals surface area contributed by atoms with Gasteiger partial charge in [0.25, 0.3) is 5.91 Å². The normalized spacial score (nSPS) is 10.1. The van der Waals surface area contributed by atoms with Crippen molar-refractivity contribution in [2.24, 2.45) is 0 Å². The van der Waals surface area contributed by atoms with E-state index >= 15 is 0 Å². The minimum absolute atomic E-state index is 0.105. The van der Waals surface area contributed by atoms with E-state index in [-0.39, 0.29) is 18.4 Å². The molecule has 2 aromatic carbocycles. The van der Waals surface area contributed by atoms with Crippen molar-refractivity contribution in [3.8, 4) is 0 Å². The summed E-state index contributed by atoms with van der Waals surface area (Å²) in [4.78, 5) is 23.6. The highest BCUT2D eigenvalue weighted by Gasteiger charge is 2.08. The zero-order valence-corrected chi connectivity index (χ0v) is 13.1. The minimum atomic E-state index is -0.329. The quantitative estimate of drug-likeness (QED) is 0.881. The molecule has 2 N–H and O–H groups in total. The van der Waals surface area contributed by atoms with Crippen molar-refractivity contribution >= 4 is 35.0 Å². The fourth-order valence-electron chi connectivity index (χ4n) is 1.76. The van der Waals surface area contributed by atoms with Crippen molar-refractivity contribution in [1.82, 2.24) is 10.6 Å². The van der Waals surface area contributed by atoms with Crippen LogP contribution >= 0.6 is 23.2 Å². The number of carbonyl (C=O) groups is 2. The van der Waals surface area contributed by atoms with Crippen LogP contribution in [0.5, 0.6) is 0 Å². The molecule has 2 amide bonds. The number of hydrogen-bond donors (Lipinski definition) is 2. The summed E-state index contributed by atoms with van der Waals surface area (Å²) in [5.41, 5.74) is 1.27. The third kappa shape index (κ3) is 4.76. The number of carbonyl (C=O) groups excluding carboxylic acids is 2. The maximum atomic E-state index is 11.8. The maximum absolute atomic E-state index is 11.8. The first-order valence-electron chi connectivity index (χ1n) is 6.60. The fourth-order valence-corrected chi connectivity index (χ4v) is 2.09. The molecule has 0 bridgehead atoms. The molecule has 0 heterocycles. The number of halogens is 2. The molecular weight excluding hydrogens is 323 g/mol. The van der Waals surface area contributed by atoms with E-state index in [0.717, 1.165) is 5.56 Å². The molecule has 4 nitrogen and oxygen atoms in total. The van der Waals surface area contributed by atoms with Crippen molar-refractivity contribution in [2.45, 2.75) is 6.54 Å². The number of amides is 2. The second-order valence-corrected chi connectivity index (χ2v) is 5.40. The Morgan fingerprint density at radius 2 is 1.59 bits per heavy atom. The highest BCUT2D eigenvalue weighted by atomic mass is 35.5. The lowest BCUT2D eigenvalue weighted by molar-refractivity contribution is -0.120. The average Bonchev–Trinajstić information content (AvgIpc) is 2.52. The Kier molecular flexibility index (Phi) is 5.81. The molecule has 2 rings (SSSR count). The lowest BCUT2D eigenvalue weighted by Gasteiger charge is -2.08. The summed E-state index contributed by atoms with van der Waals surface area (Å²) in [6, 6.07) is 13.7. The zero-order chi connectivity index (χ0) is 15.9. The molecule has 114 valence electrons. The van der Waals surface area contributed by atoms with Crippen LogP contribution in [0.4, 0.5) is 0 Å². The van der Waals surface area contributed by atoms with Crippen LogP contribution in [0.2, 0.25) is 10.0 Å². The smallest absolute Gasteiger partial charge is 0.251 e. The second kappa shape index (κ2) is 7.82. The van der Waals surface area contributed by atoms with Crippen LogP contribution in [0.3, 0.4) is 0 Å². The number of benzene rings is 2. The first-order valence-corrected chi connectivity index (χ1v) is 7.36. The van der Waals surface area contributed by atoms with Gasteiger partial charge in [-0.3, -0.25) is 9.59 Å². The first kappa shape index (κ1) is 16.3. The Bertz CT molecular complexity index is 672. The van der Waals surface area contributed by atoms with Gasteiger partial charge in [-0.15, -0.1) is 0 Å².